The molecule has 3 N–H and O–H groups in total. The summed E-state index contributed by atoms with van der Waals surface area (Å²) in [6.07, 6.45) is -0.109. The SMILES string of the molecule is CNC(=O)c1cc2ccccc2cc1C(=O)C(CP(O)O)c1cccc2ccccc12. The molecule has 0 aliphatic carbocycles. The Morgan fingerprint density at radius 3 is 2.06 bits per heavy atom. The molecule has 0 saturated heterocycles. The van der Waals surface area contributed by atoms with E-state index >= 15 is 0 Å². The third-order valence-corrected chi connectivity index (χ3v) is 6.18. The van der Waals surface area contributed by atoms with Gasteiger partial charge in [0.1, 0.15) is 0 Å². The largest absolute Gasteiger partial charge is 0.355 e. The Balaban J connectivity index is 1.92. The normalized spacial score (nSPS) is 12.3. The minimum atomic E-state index is -2.33. The van der Waals surface area contributed by atoms with E-state index in [-0.39, 0.29) is 29.0 Å². The summed E-state index contributed by atoms with van der Waals surface area (Å²) < 4.78 is 0. The third-order valence-electron chi connectivity index (χ3n) is 5.48. The maximum Gasteiger partial charge on any atom is 0.251 e. The van der Waals surface area contributed by atoms with E-state index in [0.29, 0.717) is 0 Å². The van der Waals surface area contributed by atoms with E-state index in [0.717, 1.165) is 27.1 Å². The van der Waals surface area contributed by atoms with Crippen molar-refractivity contribution >= 4 is 41.6 Å². The fraction of sp³-hybridized carbons (Fsp3) is 0.120. The minimum Gasteiger partial charge on any atom is -0.355 e. The second-order valence-corrected chi connectivity index (χ2v) is 8.47. The van der Waals surface area contributed by atoms with Gasteiger partial charge in [0.2, 0.25) is 0 Å². The number of carbonyl (C=O) groups is 2. The van der Waals surface area contributed by atoms with Crippen LogP contribution < -0.4 is 5.32 Å². The quantitative estimate of drug-likeness (QED) is 0.307. The highest BCUT2D eigenvalue weighted by molar-refractivity contribution is 7.45. The summed E-state index contributed by atoms with van der Waals surface area (Å²) >= 11 is 0. The van der Waals surface area contributed by atoms with Crippen LogP contribution in [0.15, 0.2) is 78.9 Å². The van der Waals surface area contributed by atoms with Crippen molar-refractivity contribution < 1.29 is 19.4 Å². The standard InChI is InChI=1S/C25H22NO4P/c1-26-25(28)22-14-18-9-3-2-8-17(18)13-21(22)24(27)23(15-31(29)30)20-12-6-10-16-7-4-5-11-19(16)20/h2-14,23,29-30H,15H2,1H3,(H,26,28). The van der Waals surface area contributed by atoms with Crippen LogP contribution >= 0.6 is 8.38 Å². The van der Waals surface area contributed by atoms with Crippen molar-refractivity contribution in [3.05, 3.63) is 95.6 Å². The Hall–Kier alpha value is -3.11. The molecule has 5 nitrogen and oxygen atoms in total. The van der Waals surface area contributed by atoms with Gasteiger partial charge in [-0.05, 0) is 39.2 Å². The first-order valence-electron chi connectivity index (χ1n) is 9.91. The monoisotopic (exact) mass is 431 g/mol. The summed E-state index contributed by atoms with van der Waals surface area (Å²) in [6, 6.07) is 24.3. The van der Waals surface area contributed by atoms with Crippen LogP contribution in [0.1, 0.15) is 32.2 Å². The number of benzene rings is 4. The summed E-state index contributed by atoms with van der Waals surface area (Å²) in [7, 11) is -0.804. The number of ketones is 1. The lowest BCUT2D eigenvalue weighted by Gasteiger charge is -2.20. The van der Waals surface area contributed by atoms with Crippen molar-refractivity contribution in [1.29, 1.82) is 0 Å². The first kappa shape index (κ1) is 21.1. The zero-order chi connectivity index (χ0) is 22.0. The maximum atomic E-state index is 13.8. The van der Waals surface area contributed by atoms with Crippen molar-refractivity contribution in [1.82, 2.24) is 5.32 Å². The van der Waals surface area contributed by atoms with E-state index < -0.39 is 14.3 Å². The fourth-order valence-electron chi connectivity index (χ4n) is 3.99. The van der Waals surface area contributed by atoms with Crippen molar-refractivity contribution in [2.24, 2.45) is 0 Å². The molecule has 1 amide bonds. The molecule has 1 atom stereocenters. The first-order valence-corrected chi connectivity index (χ1v) is 11.3. The van der Waals surface area contributed by atoms with Crippen LogP contribution in [-0.2, 0) is 0 Å². The van der Waals surface area contributed by atoms with Gasteiger partial charge in [-0.15, -0.1) is 0 Å². The van der Waals surface area contributed by atoms with Gasteiger partial charge >= 0.3 is 0 Å². The molecule has 4 aromatic carbocycles. The van der Waals surface area contributed by atoms with Crippen LogP contribution in [0.2, 0.25) is 0 Å². The van der Waals surface area contributed by atoms with Gasteiger partial charge in [-0.1, -0.05) is 66.7 Å². The average Bonchev–Trinajstić information content (AvgIpc) is 2.80. The van der Waals surface area contributed by atoms with Crippen LogP contribution in [0, 0.1) is 0 Å². The maximum absolute atomic E-state index is 13.8. The molecule has 4 aromatic rings. The zero-order valence-electron chi connectivity index (χ0n) is 16.9. The summed E-state index contributed by atoms with van der Waals surface area (Å²) in [6.45, 7) is 0. The smallest absolute Gasteiger partial charge is 0.251 e. The van der Waals surface area contributed by atoms with E-state index in [1.165, 1.54) is 7.05 Å². The van der Waals surface area contributed by atoms with Crippen molar-refractivity contribution in [3.63, 3.8) is 0 Å². The molecule has 0 aliphatic rings. The second kappa shape index (κ2) is 8.94. The summed E-state index contributed by atoms with van der Waals surface area (Å²) in [5, 5.41) is 6.13. The number of rotatable bonds is 6. The number of hydrogen-bond acceptors (Lipinski definition) is 4. The highest BCUT2D eigenvalue weighted by atomic mass is 31.2. The minimum absolute atomic E-state index is 0.109. The van der Waals surface area contributed by atoms with Gasteiger partial charge in [0.25, 0.3) is 5.91 Å². The van der Waals surface area contributed by atoms with Gasteiger partial charge in [-0.2, -0.15) is 0 Å². The van der Waals surface area contributed by atoms with Crippen molar-refractivity contribution in [2.75, 3.05) is 13.2 Å². The summed E-state index contributed by atoms with van der Waals surface area (Å²) in [4.78, 5) is 46.1. The van der Waals surface area contributed by atoms with Crippen molar-refractivity contribution in [3.8, 4) is 0 Å². The van der Waals surface area contributed by atoms with Gasteiger partial charge < -0.3 is 15.1 Å². The van der Waals surface area contributed by atoms with Gasteiger partial charge in [0.05, 0.1) is 11.5 Å². The Kier molecular flexibility index (Phi) is 6.10. The molecule has 0 bridgehead atoms. The molecule has 0 radical (unpaired) electrons. The molecule has 0 aliphatic heterocycles. The van der Waals surface area contributed by atoms with Gasteiger partial charge in [0, 0.05) is 18.8 Å². The van der Waals surface area contributed by atoms with Crippen LogP contribution in [-0.4, -0.2) is 34.7 Å². The molecule has 0 fully saturated rings. The first-order chi connectivity index (χ1) is 15.0. The highest BCUT2D eigenvalue weighted by Gasteiger charge is 2.29. The highest BCUT2D eigenvalue weighted by Crippen LogP contribution is 2.38. The Morgan fingerprint density at radius 2 is 1.42 bits per heavy atom. The van der Waals surface area contributed by atoms with Crippen LogP contribution in [0.5, 0.6) is 0 Å². The summed E-state index contributed by atoms with van der Waals surface area (Å²) in [5.74, 6) is -1.46. The lowest BCUT2D eigenvalue weighted by molar-refractivity contribution is 0.0931. The molecule has 0 spiro atoms. The average molecular weight is 431 g/mol. The number of carbonyl (C=O) groups excluding carboxylic acids is 2. The number of nitrogens with one attached hydrogen (secondary N) is 1. The predicted molar refractivity (Wildman–Crippen MR) is 125 cm³/mol. The van der Waals surface area contributed by atoms with E-state index in [1.807, 2.05) is 66.7 Å². The third kappa shape index (κ3) is 4.21. The summed E-state index contributed by atoms with van der Waals surface area (Å²) in [5.41, 5.74) is 1.26. The molecular weight excluding hydrogens is 409 g/mol. The van der Waals surface area contributed by atoms with E-state index in [1.54, 1.807) is 12.1 Å². The molecule has 31 heavy (non-hydrogen) atoms. The van der Waals surface area contributed by atoms with E-state index in [4.69, 9.17) is 0 Å². The van der Waals surface area contributed by atoms with Gasteiger partial charge in [0.15, 0.2) is 14.2 Å². The topological polar surface area (TPSA) is 86.6 Å². The molecule has 0 aromatic heterocycles. The molecule has 156 valence electrons. The lowest BCUT2D eigenvalue weighted by Crippen LogP contribution is -2.24. The van der Waals surface area contributed by atoms with Gasteiger partial charge in [-0.3, -0.25) is 9.59 Å². The van der Waals surface area contributed by atoms with Crippen LogP contribution in [0.3, 0.4) is 0 Å². The molecule has 0 heterocycles. The fourth-order valence-corrected chi connectivity index (χ4v) is 4.68. The van der Waals surface area contributed by atoms with E-state index in [2.05, 4.69) is 5.32 Å². The van der Waals surface area contributed by atoms with Crippen LogP contribution in [0.25, 0.3) is 21.5 Å². The molecule has 0 saturated carbocycles. The second-order valence-electron chi connectivity index (χ2n) is 7.36. The van der Waals surface area contributed by atoms with E-state index in [9.17, 15) is 19.4 Å². The molecule has 4 rings (SSSR count). The van der Waals surface area contributed by atoms with Crippen molar-refractivity contribution in [2.45, 2.75) is 5.92 Å². The molecule has 6 heteroatoms. The molecular formula is C25H22NO4P. The molecule has 1 unspecified atom stereocenters. The van der Waals surface area contributed by atoms with Crippen LogP contribution in [0.4, 0.5) is 0 Å². The Bertz CT molecular complexity index is 1280. The van der Waals surface area contributed by atoms with Gasteiger partial charge in [-0.25, -0.2) is 0 Å². The lowest BCUT2D eigenvalue weighted by atomic mass is 9.86. The predicted octanol–water partition coefficient (Wildman–Crippen LogP) is 4.62. The number of hydrogen-bond donors (Lipinski definition) is 3. The Labute approximate surface area is 181 Å². The number of Topliss-reactive ketones (excluding diaryl/α,β-unsaturated/α-hetero) is 1. The number of fused-ring (bicyclic) bond motifs is 2. The zero-order valence-corrected chi connectivity index (χ0v) is 17.8. The Morgan fingerprint density at radius 1 is 0.839 bits per heavy atom. The number of amides is 1.